The molecule has 0 amide bonds. The number of carbonyl (C=O) groups excluding carboxylic acids is 2. The molecule has 8 bridgehead atoms. The third-order valence-corrected chi connectivity index (χ3v) is 14.8. The standard InChI is InChI=1S/C55H72N4O6/c1-13-39-35(8)42-28-44-37(10)41(24-25-48(60)63-27-26-34(7)23-17-22-33(6)21-16-20-32(5)19-15-18-31(3)4)51(58-44)50-52-49(53-55(50,65-64-53)54(61)62-12)38(11)45(59-52)30-47-40(14-2)36(9)43(57-47)29-46(39)56-42/h13,26,28-33,37,41,53H,1,14-25,27H2,2-12H3/t32-,33-,37+,41+,53+,55-/m1/s1. The minimum Gasteiger partial charge on any atom is -0.466 e. The van der Waals surface area contributed by atoms with Crippen molar-refractivity contribution in [3.05, 3.63) is 104 Å². The van der Waals surface area contributed by atoms with Crippen LogP contribution in [0.3, 0.4) is 0 Å². The molecule has 7 aliphatic rings. The SMILES string of the molecule is C=CC1=C(C)C2=CC3=NC(=C4C5=NC(=CC6=NC(=CC1=N2)C(C)=C6CC)C(C)=C5[C@@H]1OO[C@]41C(=O)OC)[C@@H](CCC(=O)OCC=C(C)CCC[C@H](C)CCC[C@H](C)CCCC(C)C)[C@@H]3C. The number of rotatable bonds is 20. The number of aliphatic imine (C=N–C) groups is 4. The molecule has 10 heteroatoms. The smallest absolute Gasteiger partial charge is 0.349 e. The van der Waals surface area contributed by atoms with Gasteiger partial charge in [0.25, 0.3) is 5.60 Å². The van der Waals surface area contributed by atoms with Gasteiger partial charge in [-0.2, -0.15) is 0 Å². The summed E-state index contributed by atoms with van der Waals surface area (Å²) in [7, 11) is 1.35. The van der Waals surface area contributed by atoms with Gasteiger partial charge < -0.3 is 9.47 Å². The highest BCUT2D eigenvalue weighted by Gasteiger charge is 2.72. The van der Waals surface area contributed by atoms with Crippen LogP contribution in [0.15, 0.2) is 124 Å². The predicted molar refractivity (Wildman–Crippen MR) is 262 cm³/mol. The second-order valence-electron chi connectivity index (χ2n) is 19.9. The molecule has 6 heterocycles. The van der Waals surface area contributed by atoms with Gasteiger partial charge in [-0.3, -0.25) is 9.79 Å². The number of carbonyl (C=O) groups is 2. The van der Waals surface area contributed by atoms with E-state index in [0.717, 1.165) is 105 Å². The van der Waals surface area contributed by atoms with Gasteiger partial charge in [-0.05, 0) is 118 Å². The van der Waals surface area contributed by atoms with E-state index >= 15 is 0 Å². The average molecular weight is 885 g/mol. The number of ether oxygens (including phenoxy) is 2. The van der Waals surface area contributed by atoms with Crippen molar-refractivity contribution in [2.45, 2.75) is 158 Å². The van der Waals surface area contributed by atoms with Crippen molar-refractivity contribution in [3.63, 3.8) is 0 Å². The molecule has 0 unspecified atom stereocenters. The van der Waals surface area contributed by atoms with Gasteiger partial charge in [0.2, 0.25) is 0 Å². The largest absolute Gasteiger partial charge is 0.466 e. The molecule has 0 aromatic rings. The molecule has 1 saturated heterocycles. The van der Waals surface area contributed by atoms with Crippen LogP contribution in [0.4, 0.5) is 0 Å². The maximum atomic E-state index is 14.0. The van der Waals surface area contributed by atoms with E-state index in [-0.39, 0.29) is 30.8 Å². The Hall–Kier alpha value is -4.80. The van der Waals surface area contributed by atoms with Gasteiger partial charge >= 0.3 is 11.9 Å². The summed E-state index contributed by atoms with van der Waals surface area (Å²) < 4.78 is 11.3. The maximum absolute atomic E-state index is 14.0. The number of nitrogens with zero attached hydrogens (tertiary/aromatic N) is 4. The molecule has 0 N–H and O–H groups in total. The summed E-state index contributed by atoms with van der Waals surface area (Å²) in [5.74, 6) is 1.02. The van der Waals surface area contributed by atoms with E-state index in [4.69, 9.17) is 39.2 Å². The second kappa shape index (κ2) is 20.4. The number of hydrogen-bond donors (Lipinski definition) is 0. The van der Waals surface area contributed by atoms with Gasteiger partial charge in [0.15, 0.2) is 6.10 Å². The topological polar surface area (TPSA) is 121 Å². The molecule has 0 aromatic heterocycles. The number of methoxy groups -OCH3 is 1. The zero-order valence-electron chi connectivity index (χ0n) is 41.0. The Kier molecular flexibility index (Phi) is 15.1. The van der Waals surface area contributed by atoms with Crippen LogP contribution in [0, 0.1) is 29.6 Å². The van der Waals surface area contributed by atoms with Crippen molar-refractivity contribution < 1.29 is 28.8 Å². The molecule has 6 aliphatic heterocycles. The van der Waals surface area contributed by atoms with Crippen LogP contribution in [0.5, 0.6) is 0 Å². The Balaban J connectivity index is 1.10. The van der Waals surface area contributed by atoms with Crippen LogP contribution >= 0.6 is 0 Å². The summed E-state index contributed by atoms with van der Waals surface area (Å²) in [6, 6.07) is 0. The maximum Gasteiger partial charge on any atom is 0.349 e. The van der Waals surface area contributed by atoms with Crippen molar-refractivity contribution >= 4 is 34.8 Å². The first-order valence-corrected chi connectivity index (χ1v) is 24.4. The van der Waals surface area contributed by atoms with Crippen molar-refractivity contribution in [2.24, 2.45) is 49.6 Å². The Labute approximate surface area is 387 Å². The minimum atomic E-state index is -1.59. The fraction of sp³-hybridized carbons (Fsp3) is 0.564. The lowest BCUT2D eigenvalue weighted by Crippen LogP contribution is -2.60. The summed E-state index contributed by atoms with van der Waals surface area (Å²) in [6.45, 7) is 26.3. The predicted octanol–water partition coefficient (Wildman–Crippen LogP) is 12.5. The van der Waals surface area contributed by atoms with E-state index in [9.17, 15) is 9.59 Å². The third kappa shape index (κ3) is 9.58. The lowest BCUT2D eigenvalue weighted by Gasteiger charge is -2.40. The monoisotopic (exact) mass is 885 g/mol. The molecular weight excluding hydrogens is 813 g/mol. The molecule has 1 saturated carbocycles. The first kappa shape index (κ1) is 48.1. The van der Waals surface area contributed by atoms with Crippen molar-refractivity contribution in [1.29, 1.82) is 0 Å². The van der Waals surface area contributed by atoms with Crippen LogP contribution in [0.2, 0.25) is 0 Å². The molecule has 1 aliphatic carbocycles. The number of esters is 2. The zero-order valence-corrected chi connectivity index (χ0v) is 41.0. The van der Waals surface area contributed by atoms with Crippen LogP contribution in [-0.4, -0.2) is 60.2 Å². The fourth-order valence-corrected chi connectivity index (χ4v) is 10.6. The molecule has 65 heavy (non-hydrogen) atoms. The Morgan fingerprint density at radius 2 is 1.49 bits per heavy atom. The van der Waals surface area contributed by atoms with Gasteiger partial charge in [0.05, 0.1) is 47.0 Å². The molecule has 0 spiro atoms. The van der Waals surface area contributed by atoms with Gasteiger partial charge in [-0.15, -0.1) is 0 Å². The minimum absolute atomic E-state index is 0.159. The van der Waals surface area contributed by atoms with Crippen LogP contribution in [-0.2, 0) is 28.8 Å². The highest BCUT2D eigenvalue weighted by Crippen LogP contribution is 2.57. The number of allylic oxidation sites excluding steroid dienone is 11. The Morgan fingerprint density at radius 1 is 0.846 bits per heavy atom. The van der Waals surface area contributed by atoms with Gasteiger partial charge in [0, 0.05) is 40.7 Å². The highest BCUT2D eigenvalue weighted by molar-refractivity contribution is 6.26. The van der Waals surface area contributed by atoms with Gasteiger partial charge in [-0.1, -0.05) is 105 Å². The quantitative estimate of drug-likeness (QED) is 0.0682. The third-order valence-electron chi connectivity index (χ3n) is 14.8. The van der Waals surface area contributed by atoms with Gasteiger partial charge in [-0.25, -0.2) is 29.5 Å². The van der Waals surface area contributed by atoms with E-state index in [1.165, 1.54) is 57.6 Å². The molecule has 348 valence electrons. The summed E-state index contributed by atoms with van der Waals surface area (Å²) in [5.41, 5.74) is 11.9. The first-order valence-electron chi connectivity index (χ1n) is 24.4. The van der Waals surface area contributed by atoms with E-state index in [1.54, 1.807) is 0 Å². The molecule has 0 aromatic carbocycles. The Bertz CT molecular complexity index is 2370. The van der Waals surface area contributed by atoms with E-state index < -0.39 is 17.7 Å². The van der Waals surface area contributed by atoms with Gasteiger partial charge in [0.1, 0.15) is 6.61 Å². The Morgan fingerprint density at radius 3 is 2.14 bits per heavy atom. The molecule has 2 fully saturated rings. The summed E-state index contributed by atoms with van der Waals surface area (Å²) in [6.07, 6.45) is 21.9. The van der Waals surface area contributed by atoms with Crippen LogP contribution in [0.25, 0.3) is 0 Å². The fourth-order valence-electron chi connectivity index (χ4n) is 10.6. The van der Waals surface area contributed by atoms with Crippen molar-refractivity contribution in [2.75, 3.05) is 13.7 Å². The average Bonchev–Trinajstić information content (AvgIpc) is 3.97. The van der Waals surface area contributed by atoms with Crippen molar-refractivity contribution in [1.82, 2.24) is 0 Å². The van der Waals surface area contributed by atoms with Crippen LogP contribution < -0.4 is 0 Å². The first-order chi connectivity index (χ1) is 31.1. The summed E-state index contributed by atoms with van der Waals surface area (Å²) in [4.78, 5) is 60.0. The zero-order chi connectivity index (χ0) is 46.7. The summed E-state index contributed by atoms with van der Waals surface area (Å²) in [5, 5.41) is 0. The van der Waals surface area contributed by atoms with Crippen molar-refractivity contribution in [3.8, 4) is 0 Å². The van der Waals surface area contributed by atoms with E-state index in [0.29, 0.717) is 23.4 Å². The van der Waals surface area contributed by atoms with E-state index in [1.807, 2.05) is 44.2 Å². The van der Waals surface area contributed by atoms with Crippen LogP contribution in [0.1, 0.15) is 146 Å². The number of hydrogen-bond acceptors (Lipinski definition) is 10. The molecule has 6 atom stereocenters. The summed E-state index contributed by atoms with van der Waals surface area (Å²) >= 11 is 0. The normalized spacial score (nSPS) is 25.5. The lowest BCUT2D eigenvalue weighted by atomic mass is 9.81. The second-order valence-corrected chi connectivity index (χ2v) is 19.9. The lowest BCUT2D eigenvalue weighted by molar-refractivity contribution is -0.470. The highest BCUT2D eigenvalue weighted by atomic mass is 17.3. The number of fused-ring (bicyclic) bond motifs is 7. The molecule has 0 radical (unpaired) electrons. The molecular formula is C55H72N4O6. The van der Waals surface area contributed by atoms with E-state index in [2.05, 4.69) is 62.0 Å². The molecule has 7 rings (SSSR count). The molecule has 10 nitrogen and oxygen atoms in total.